The van der Waals surface area contributed by atoms with Crippen LogP contribution in [0.5, 0.6) is 0 Å². The number of morpholine rings is 1. The quantitative estimate of drug-likeness (QED) is 0.791. The third-order valence-electron chi connectivity index (χ3n) is 5.85. The van der Waals surface area contributed by atoms with E-state index < -0.39 is 0 Å². The van der Waals surface area contributed by atoms with Crippen LogP contribution in [0.2, 0.25) is 0 Å². The molecule has 1 atom stereocenters. The maximum atomic E-state index is 12.4. The number of nitrogens with zero attached hydrogens (tertiary/aromatic N) is 2. The van der Waals surface area contributed by atoms with Gasteiger partial charge in [-0.1, -0.05) is 42.5 Å². The molecule has 0 bridgehead atoms. The Morgan fingerprint density at radius 2 is 1.86 bits per heavy atom. The molecule has 154 valence electrons. The molecule has 0 aliphatic carbocycles. The monoisotopic (exact) mass is 394 g/mol. The average molecular weight is 395 g/mol. The zero-order valence-corrected chi connectivity index (χ0v) is 17.1. The van der Waals surface area contributed by atoms with Gasteiger partial charge in [0.2, 0.25) is 0 Å². The van der Waals surface area contributed by atoms with Crippen LogP contribution in [0.15, 0.2) is 48.5 Å². The van der Waals surface area contributed by atoms with Gasteiger partial charge in [0.05, 0.1) is 19.3 Å². The summed E-state index contributed by atoms with van der Waals surface area (Å²) in [5.74, 6) is 0. The fourth-order valence-electron chi connectivity index (χ4n) is 4.17. The largest absolute Gasteiger partial charge is 0.379 e. The van der Waals surface area contributed by atoms with Crippen LogP contribution >= 0.6 is 0 Å². The van der Waals surface area contributed by atoms with E-state index in [9.17, 15) is 4.79 Å². The highest BCUT2D eigenvalue weighted by Crippen LogP contribution is 2.31. The van der Waals surface area contributed by atoms with Crippen LogP contribution in [-0.2, 0) is 17.7 Å². The Bertz CT molecular complexity index is 821. The molecule has 0 unspecified atom stereocenters. The molecule has 2 aliphatic heterocycles. The standard InChI is InChI=1S/C23H30N4O2/c1-26-10-9-20-15-19(7-8-21(20)26)22(27-11-13-29-14-12-27)17-25-23(28)24-16-18-5-3-2-4-6-18/h2-8,15,22H,9-14,16-17H2,1H3,(H2,24,25,28)/t22-/m1/s1. The number of ether oxygens (including phenoxy) is 1. The zero-order chi connectivity index (χ0) is 20.1. The van der Waals surface area contributed by atoms with Gasteiger partial charge in [-0.15, -0.1) is 0 Å². The van der Waals surface area contributed by atoms with Gasteiger partial charge < -0.3 is 20.3 Å². The molecule has 2 heterocycles. The summed E-state index contributed by atoms with van der Waals surface area (Å²) in [5, 5.41) is 6.04. The number of hydrogen-bond donors (Lipinski definition) is 2. The number of anilines is 1. The summed E-state index contributed by atoms with van der Waals surface area (Å²) in [4.78, 5) is 17.1. The van der Waals surface area contributed by atoms with Crippen molar-refractivity contribution in [2.24, 2.45) is 0 Å². The van der Waals surface area contributed by atoms with Gasteiger partial charge in [0.1, 0.15) is 0 Å². The van der Waals surface area contributed by atoms with Gasteiger partial charge in [-0.2, -0.15) is 0 Å². The lowest BCUT2D eigenvalue weighted by atomic mass is 10.0. The molecule has 1 saturated heterocycles. The average Bonchev–Trinajstić information content (AvgIpc) is 3.14. The predicted molar refractivity (Wildman–Crippen MR) is 115 cm³/mol. The number of hydrogen-bond acceptors (Lipinski definition) is 4. The van der Waals surface area contributed by atoms with Crippen LogP contribution in [0, 0.1) is 0 Å². The van der Waals surface area contributed by atoms with Crippen LogP contribution in [-0.4, -0.2) is 57.4 Å². The molecule has 2 amide bonds. The van der Waals surface area contributed by atoms with Crippen molar-refractivity contribution in [3.8, 4) is 0 Å². The predicted octanol–water partition coefficient (Wildman–Crippen LogP) is 2.55. The van der Waals surface area contributed by atoms with E-state index in [0.29, 0.717) is 13.1 Å². The highest BCUT2D eigenvalue weighted by molar-refractivity contribution is 5.73. The molecule has 0 saturated carbocycles. The maximum Gasteiger partial charge on any atom is 0.315 e. The van der Waals surface area contributed by atoms with Gasteiger partial charge in [0, 0.05) is 45.5 Å². The van der Waals surface area contributed by atoms with Crippen LogP contribution in [0.4, 0.5) is 10.5 Å². The van der Waals surface area contributed by atoms with Gasteiger partial charge in [-0.25, -0.2) is 4.79 Å². The van der Waals surface area contributed by atoms with E-state index in [-0.39, 0.29) is 12.1 Å². The van der Waals surface area contributed by atoms with Crippen molar-refractivity contribution >= 4 is 11.7 Å². The van der Waals surface area contributed by atoms with E-state index in [1.54, 1.807) is 0 Å². The molecule has 29 heavy (non-hydrogen) atoms. The van der Waals surface area contributed by atoms with Crippen LogP contribution in [0.1, 0.15) is 22.7 Å². The number of amides is 2. The van der Waals surface area contributed by atoms with Crippen molar-refractivity contribution in [3.05, 3.63) is 65.2 Å². The summed E-state index contributed by atoms with van der Waals surface area (Å²) < 4.78 is 5.54. The Balaban J connectivity index is 1.41. The van der Waals surface area contributed by atoms with E-state index >= 15 is 0 Å². The number of fused-ring (bicyclic) bond motifs is 1. The molecule has 0 aromatic heterocycles. The Kier molecular flexibility index (Phi) is 6.32. The van der Waals surface area contributed by atoms with E-state index in [4.69, 9.17) is 4.74 Å². The first-order valence-electron chi connectivity index (χ1n) is 10.4. The van der Waals surface area contributed by atoms with Crippen LogP contribution < -0.4 is 15.5 Å². The summed E-state index contributed by atoms with van der Waals surface area (Å²) in [6.45, 7) is 5.43. The minimum Gasteiger partial charge on any atom is -0.379 e. The fourth-order valence-corrected chi connectivity index (χ4v) is 4.17. The molecule has 4 rings (SSSR count). The number of rotatable bonds is 6. The lowest BCUT2D eigenvalue weighted by Gasteiger charge is -2.35. The summed E-state index contributed by atoms with van der Waals surface area (Å²) in [5.41, 5.74) is 5.08. The smallest absolute Gasteiger partial charge is 0.315 e. The minimum absolute atomic E-state index is 0.131. The third-order valence-corrected chi connectivity index (χ3v) is 5.85. The second-order valence-electron chi connectivity index (χ2n) is 7.77. The Morgan fingerprint density at radius 3 is 2.66 bits per heavy atom. The van der Waals surface area contributed by atoms with Crippen LogP contribution in [0.3, 0.4) is 0 Å². The Morgan fingerprint density at radius 1 is 1.07 bits per heavy atom. The van der Waals surface area contributed by atoms with Gasteiger partial charge in [0.25, 0.3) is 0 Å². The van der Waals surface area contributed by atoms with Crippen molar-refractivity contribution < 1.29 is 9.53 Å². The van der Waals surface area contributed by atoms with E-state index in [1.807, 2.05) is 30.3 Å². The van der Waals surface area contributed by atoms with Gasteiger partial charge in [0.15, 0.2) is 0 Å². The van der Waals surface area contributed by atoms with Crippen LogP contribution in [0.25, 0.3) is 0 Å². The normalized spacial score (nSPS) is 17.6. The summed E-state index contributed by atoms with van der Waals surface area (Å²) >= 11 is 0. The number of urea groups is 1. The minimum atomic E-state index is -0.131. The molecule has 2 aromatic carbocycles. The molecule has 2 aliphatic rings. The third kappa shape index (κ3) is 4.89. The number of benzene rings is 2. The number of carbonyl (C=O) groups is 1. The topological polar surface area (TPSA) is 56.8 Å². The highest BCUT2D eigenvalue weighted by Gasteiger charge is 2.25. The second kappa shape index (κ2) is 9.29. The van der Waals surface area contributed by atoms with Gasteiger partial charge in [-0.3, -0.25) is 4.90 Å². The molecule has 2 N–H and O–H groups in total. The molecule has 6 heteroatoms. The molecular formula is C23H30N4O2. The molecule has 6 nitrogen and oxygen atoms in total. The lowest BCUT2D eigenvalue weighted by molar-refractivity contribution is 0.0167. The summed E-state index contributed by atoms with van der Waals surface area (Å²) in [6, 6.07) is 16.7. The Hall–Kier alpha value is -2.57. The van der Waals surface area contributed by atoms with E-state index in [0.717, 1.165) is 44.8 Å². The number of nitrogens with one attached hydrogen (secondary N) is 2. The zero-order valence-electron chi connectivity index (χ0n) is 17.1. The molecule has 2 aromatic rings. The lowest BCUT2D eigenvalue weighted by Crippen LogP contribution is -2.45. The summed E-state index contributed by atoms with van der Waals surface area (Å²) in [7, 11) is 2.14. The van der Waals surface area contributed by atoms with Crippen molar-refractivity contribution in [1.29, 1.82) is 0 Å². The molecule has 0 spiro atoms. The van der Waals surface area contributed by atoms with Crippen molar-refractivity contribution in [3.63, 3.8) is 0 Å². The Labute approximate surface area is 172 Å². The first-order valence-corrected chi connectivity index (χ1v) is 10.4. The molecule has 1 fully saturated rings. The highest BCUT2D eigenvalue weighted by atomic mass is 16.5. The first-order chi connectivity index (χ1) is 14.2. The second-order valence-corrected chi connectivity index (χ2v) is 7.77. The van der Waals surface area contributed by atoms with Crippen molar-refractivity contribution in [1.82, 2.24) is 15.5 Å². The summed E-state index contributed by atoms with van der Waals surface area (Å²) in [6.07, 6.45) is 1.08. The van der Waals surface area contributed by atoms with Crippen molar-refractivity contribution in [2.75, 3.05) is 51.3 Å². The molecule has 0 radical (unpaired) electrons. The number of carbonyl (C=O) groups excluding carboxylic acids is 1. The van der Waals surface area contributed by atoms with Crippen molar-refractivity contribution in [2.45, 2.75) is 19.0 Å². The van der Waals surface area contributed by atoms with Gasteiger partial charge in [-0.05, 0) is 29.2 Å². The SMILES string of the molecule is CN1CCc2cc([C@@H](CNC(=O)NCc3ccccc3)N3CCOCC3)ccc21. The fraction of sp³-hybridized carbons (Fsp3) is 0.435. The van der Waals surface area contributed by atoms with E-state index in [1.165, 1.54) is 16.8 Å². The maximum absolute atomic E-state index is 12.4. The van der Waals surface area contributed by atoms with E-state index in [2.05, 4.69) is 45.7 Å². The number of likely N-dealkylation sites (N-methyl/N-ethyl adjacent to an activating group) is 1. The van der Waals surface area contributed by atoms with Gasteiger partial charge >= 0.3 is 6.03 Å². The molecular weight excluding hydrogens is 364 g/mol. The first kappa shape index (κ1) is 19.7.